The summed E-state index contributed by atoms with van der Waals surface area (Å²) in [6, 6.07) is 15.4. The smallest absolute Gasteiger partial charge is 0.0506 e. The molecular formula is C22H28N2. The molecule has 1 atom stereocenters. The van der Waals surface area contributed by atoms with Crippen LogP contribution in [0.5, 0.6) is 0 Å². The number of hydrogen-bond donors (Lipinski definition) is 2. The molecule has 0 radical (unpaired) electrons. The molecule has 2 aromatic carbocycles. The van der Waals surface area contributed by atoms with E-state index in [0.29, 0.717) is 0 Å². The Kier molecular flexibility index (Phi) is 4.40. The lowest BCUT2D eigenvalue weighted by molar-refractivity contribution is 0.705. The van der Waals surface area contributed by atoms with Gasteiger partial charge in [-0.05, 0) is 62.9 Å². The van der Waals surface area contributed by atoms with Gasteiger partial charge in [-0.25, -0.2) is 0 Å². The van der Waals surface area contributed by atoms with E-state index in [-0.39, 0.29) is 11.6 Å². The van der Waals surface area contributed by atoms with Gasteiger partial charge in [-0.1, -0.05) is 43.3 Å². The minimum atomic E-state index is 0.00722. The maximum atomic E-state index is 3.69. The lowest BCUT2D eigenvalue weighted by Crippen LogP contribution is -2.32. The summed E-state index contributed by atoms with van der Waals surface area (Å²) in [4.78, 5) is 0. The third-order valence-electron chi connectivity index (χ3n) is 4.73. The minimum Gasteiger partial charge on any atom is -0.378 e. The fourth-order valence-corrected chi connectivity index (χ4v) is 3.58. The van der Waals surface area contributed by atoms with Crippen LogP contribution in [-0.2, 0) is 6.42 Å². The molecule has 1 unspecified atom stereocenters. The largest absolute Gasteiger partial charge is 0.378 e. The monoisotopic (exact) mass is 320 g/mol. The second-order valence-corrected chi connectivity index (χ2v) is 7.36. The third kappa shape index (κ3) is 3.33. The van der Waals surface area contributed by atoms with Crippen molar-refractivity contribution in [2.75, 3.05) is 10.6 Å². The fourth-order valence-electron chi connectivity index (χ4n) is 3.58. The van der Waals surface area contributed by atoms with Crippen LogP contribution in [0, 0.1) is 0 Å². The van der Waals surface area contributed by atoms with Gasteiger partial charge in [0.2, 0.25) is 0 Å². The van der Waals surface area contributed by atoms with Crippen LogP contribution >= 0.6 is 0 Å². The van der Waals surface area contributed by atoms with Gasteiger partial charge in [0.15, 0.2) is 0 Å². The molecule has 0 aromatic heterocycles. The number of anilines is 2. The summed E-state index contributed by atoms with van der Waals surface area (Å²) in [5, 5.41) is 7.36. The van der Waals surface area contributed by atoms with Crippen molar-refractivity contribution in [2.24, 2.45) is 0 Å². The molecule has 0 bridgehead atoms. The van der Waals surface area contributed by atoms with Crippen LogP contribution in [0.15, 0.2) is 48.5 Å². The highest BCUT2D eigenvalue weighted by Crippen LogP contribution is 2.38. The minimum absolute atomic E-state index is 0.00722. The molecule has 0 spiro atoms. The van der Waals surface area contributed by atoms with Gasteiger partial charge in [-0.15, -0.1) is 0 Å². The van der Waals surface area contributed by atoms with Gasteiger partial charge >= 0.3 is 0 Å². The first-order valence-corrected chi connectivity index (χ1v) is 8.86. The number of rotatable bonds is 4. The SMILES string of the molecule is CCc1cc(NC(C)c2ccccc2)cc2c1NC(C)(C)C=C2C. The van der Waals surface area contributed by atoms with Gasteiger partial charge in [-0.2, -0.15) is 0 Å². The van der Waals surface area contributed by atoms with E-state index in [1.54, 1.807) is 0 Å². The van der Waals surface area contributed by atoms with Gasteiger partial charge in [0.05, 0.1) is 5.54 Å². The number of nitrogens with one attached hydrogen (secondary N) is 2. The molecule has 0 amide bonds. The predicted octanol–water partition coefficient (Wildman–Crippen LogP) is 6.03. The predicted molar refractivity (Wildman–Crippen MR) is 106 cm³/mol. The van der Waals surface area contributed by atoms with Crippen molar-refractivity contribution in [3.8, 4) is 0 Å². The van der Waals surface area contributed by atoms with Crippen LogP contribution in [0.25, 0.3) is 5.57 Å². The molecule has 0 aliphatic carbocycles. The van der Waals surface area contributed by atoms with E-state index in [1.165, 1.54) is 33.6 Å². The van der Waals surface area contributed by atoms with E-state index < -0.39 is 0 Å². The molecule has 2 N–H and O–H groups in total. The van der Waals surface area contributed by atoms with Crippen molar-refractivity contribution in [3.63, 3.8) is 0 Å². The first kappa shape index (κ1) is 16.6. The normalized spacial score (nSPS) is 16.6. The zero-order valence-corrected chi connectivity index (χ0v) is 15.4. The summed E-state index contributed by atoms with van der Waals surface area (Å²) in [5.41, 5.74) is 7.83. The van der Waals surface area contributed by atoms with Crippen molar-refractivity contribution < 1.29 is 0 Å². The molecule has 0 saturated carbocycles. The Labute approximate surface area is 146 Å². The first-order chi connectivity index (χ1) is 11.4. The Morgan fingerprint density at radius 2 is 1.83 bits per heavy atom. The summed E-state index contributed by atoms with van der Waals surface area (Å²) < 4.78 is 0. The molecule has 1 aliphatic heterocycles. The van der Waals surface area contributed by atoms with Gasteiger partial charge in [-0.3, -0.25) is 0 Å². The molecule has 2 heteroatoms. The maximum absolute atomic E-state index is 3.69. The average Bonchev–Trinajstić information content (AvgIpc) is 2.55. The first-order valence-electron chi connectivity index (χ1n) is 8.86. The number of hydrogen-bond acceptors (Lipinski definition) is 2. The quantitative estimate of drug-likeness (QED) is 0.718. The van der Waals surface area contributed by atoms with Gasteiger partial charge < -0.3 is 10.6 Å². The van der Waals surface area contributed by atoms with E-state index in [9.17, 15) is 0 Å². The second-order valence-electron chi connectivity index (χ2n) is 7.36. The van der Waals surface area contributed by atoms with Crippen molar-refractivity contribution in [3.05, 3.63) is 65.2 Å². The summed E-state index contributed by atoms with van der Waals surface area (Å²) >= 11 is 0. The van der Waals surface area contributed by atoms with Crippen molar-refractivity contribution in [1.82, 2.24) is 0 Å². The summed E-state index contributed by atoms with van der Waals surface area (Å²) in [5.74, 6) is 0. The molecule has 1 aliphatic rings. The van der Waals surface area contributed by atoms with Crippen LogP contribution in [0.4, 0.5) is 11.4 Å². The highest BCUT2D eigenvalue weighted by atomic mass is 15.0. The Bertz CT molecular complexity index is 757. The molecule has 1 heterocycles. The van der Waals surface area contributed by atoms with Gasteiger partial charge in [0, 0.05) is 23.0 Å². The molecule has 126 valence electrons. The standard InChI is InChI=1S/C22H28N2/c1-6-17-12-19(23-16(3)18-10-8-7-9-11-18)13-20-15(2)14-22(4,5)24-21(17)20/h7-14,16,23-24H,6H2,1-5H3. The molecule has 3 rings (SSSR count). The number of benzene rings is 2. The third-order valence-corrected chi connectivity index (χ3v) is 4.73. The number of aryl methyl sites for hydroxylation is 1. The molecule has 2 aromatic rings. The Morgan fingerprint density at radius 1 is 1.12 bits per heavy atom. The van der Waals surface area contributed by atoms with Crippen LogP contribution < -0.4 is 10.6 Å². The van der Waals surface area contributed by atoms with Crippen LogP contribution in [-0.4, -0.2) is 5.54 Å². The van der Waals surface area contributed by atoms with E-state index in [0.717, 1.165) is 6.42 Å². The lowest BCUT2D eigenvalue weighted by Gasteiger charge is -2.33. The van der Waals surface area contributed by atoms with Crippen LogP contribution in [0.2, 0.25) is 0 Å². The Balaban J connectivity index is 1.95. The molecule has 2 nitrogen and oxygen atoms in total. The maximum Gasteiger partial charge on any atom is 0.0506 e. The zero-order chi connectivity index (χ0) is 17.3. The topological polar surface area (TPSA) is 24.1 Å². The molecule has 0 fully saturated rings. The average molecular weight is 320 g/mol. The summed E-state index contributed by atoms with van der Waals surface area (Å²) in [6.07, 6.45) is 3.34. The highest BCUT2D eigenvalue weighted by molar-refractivity contribution is 5.84. The summed E-state index contributed by atoms with van der Waals surface area (Å²) in [7, 11) is 0. The Hall–Kier alpha value is -2.22. The summed E-state index contributed by atoms with van der Waals surface area (Å²) in [6.45, 7) is 11.1. The van der Waals surface area contributed by atoms with Gasteiger partial charge in [0.1, 0.15) is 0 Å². The van der Waals surface area contributed by atoms with Crippen molar-refractivity contribution >= 4 is 16.9 Å². The van der Waals surface area contributed by atoms with Gasteiger partial charge in [0.25, 0.3) is 0 Å². The number of fused-ring (bicyclic) bond motifs is 1. The van der Waals surface area contributed by atoms with Crippen LogP contribution in [0.3, 0.4) is 0 Å². The lowest BCUT2D eigenvalue weighted by atomic mass is 9.88. The molecular weight excluding hydrogens is 292 g/mol. The van der Waals surface area contributed by atoms with E-state index in [1.807, 2.05) is 0 Å². The number of allylic oxidation sites excluding steroid dienone is 1. The van der Waals surface area contributed by atoms with E-state index >= 15 is 0 Å². The molecule has 24 heavy (non-hydrogen) atoms. The van der Waals surface area contributed by atoms with E-state index in [4.69, 9.17) is 0 Å². The second kappa shape index (κ2) is 6.35. The van der Waals surface area contributed by atoms with Crippen molar-refractivity contribution in [2.45, 2.75) is 52.6 Å². The van der Waals surface area contributed by atoms with Crippen molar-refractivity contribution in [1.29, 1.82) is 0 Å². The Morgan fingerprint density at radius 3 is 2.50 bits per heavy atom. The highest BCUT2D eigenvalue weighted by Gasteiger charge is 2.24. The van der Waals surface area contributed by atoms with Crippen LogP contribution in [0.1, 0.15) is 57.4 Å². The fraction of sp³-hybridized carbons (Fsp3) is 0.364. The molecule has 0 saturated heterocycles. The zero-order valence-electron chi connectivity index (χ0n) is 15.4. The van der Waals surface area contributed by atoms with E-state index in [2.05, 4.69) is 93.8 Å².